The van der Waals surface area contributed by atoms with Crippen molar-refractivity contribution in [2.24, 2.45) is 0 Å². The van der Waals surface area contributed by atoms with Gasteiger partial charge in [0.25, 0.3) is 0 Å². The van der Waals surface area contributed by atoms with Crippen LogP contribution < -0.4 is 10.1 Å². The van der Waals surface area contributed by atoms with E-state index in [2.05, 4.69) is 62.5 Å². The molecule has 0 saturated heterocycles. The minimum absolute atomic E-state index is 0.578. The summed E-state index contributed by atoms with van der Waals surface area (Å²) in [5, 5.41) is 3.43. The second-order valence-corrected chi connectivity index (χ2v) is 5.45. The van der Waals surface area contributed by atoms with Gasteiger partial charge in [-0.25, -0.2) is 0 Å². The highest BCUT2D eigenvalue weighted by Gasteiger charge is 2.03. The van der Waals surface area contributed by atoms with E-state index in [-0.39, 0.29) is 0 Å². The Labute approximate surface area is 121 Å². The summed E-state index contributed by atoms with van der Waals surface area (Å²) in [6.45, 7) is 7.30. The van der Waals surface area contributed by atoms with Crippen molar-refractivity contribution in [1.29, 1.82) is 0 Å². The number of methoxy groups -OCH3 is 1. The number of benzene rings is 2. The summed E-state index contributed by atoms with van der Waals surface area (Å²) in [7, 11) is 1.71. The standard InChI is InChI=1S/C18H23NO/c1-13(2)16-8-6-15(7-9-16)12-19-17-10-5-14(3)11-18(17)20-4/h5-11,13,19H,12H2,1-4H3. The molecule has 2 aromatic carbocycles. The molecule has 0 aliphatic carbocycles. The number of ether oxygens (including phenoxy) is 1. The Hall–Kier alpha value is -1.96. The van der Waals surface area contributed by atoms with Gasteiger partial charge in [0.05, 0.1) is 12.8 Å². The molecule has 2 rings (SSSR count). The summed E-state index contributed by atoms with van der Waals surface area (Å²) >= 11 is 0. The summed E-state index contributed by atoms with van der Waals surface area (Å²) in [5.41, 5.74) is 4.89. The Balaban J connectivity index is 2.05. The van der Waals surface area contributed by atoms with E-state index in [1.165, 1.54) is 16.7 Å². The van der Waals surface area contributed by atoms with Gasteiger partial charge in [-0.2, -0.15) is 0 Å². The van der Waals surface area contributed by atoms with Gasteiger partial charge in [0.1, 0.15) is 5.75 Å². The van der Waals surface area contributed by atoms with Crippen molar-refractivity contribution in [2.45, 2.75) is 33.2 Å². The first-order valence-corrected chi connectivity index (χ1v) is 7.07. The van der Waals surface area contributed by atoms with Gasteiger partial charge in [0.2, 0.25) is 0 Å². The third kappa shape index (κ3) is 3.53. The van der Waals surface area contributed by atoms with Crippen molar-refractivity contribution in [1.82, 2.24) is 0 Å². The maximum atomic E-state index is 5.40. The summed E-state index contributed by atoms with van der Waals surface area (Å²) in [4.78, 5) is 0. The number of nitrogens with one attached hydrogen (secondary N) is 1. The zero-order valence-electron chi connectivity index (χ0n) is 12.7. The maximum Gasteiger partial charge on any atom is 0.142 e. The first-order valence-electron chi connectivity index (χ1n) is 7.07. The highest BCUT2D eigenvalue weighted by Crippen LogP contribution is 2.26. The molecule has 0 bridgehead atoms. The fourth-order valence-corrected chi connectivity index (χ4v) is 2.16. The average Bonchev–Trinajstić information content (AvgIpc) is 2.46. The molecule has 0 unspecified atom stereocenters. The van der Waals surface area contributed by atoms with Gasteiger partial charge in [0.15, 0.2) is 0 Å². The Morgan fingerprint density at radius 2 is 1.75 bits per heavy atom. The number of anilines is 1. The maximum absolute atomic E-state index is 5.40. The van der Waals surface area contributed by atoms with Crippen molar-refractivity contribution in [3.05, 3.63) is 59.2 Å². The molecule has 0 fully saturated rings. The zero-order chi connectivity index (χ0) is 14.5. The molecule has 1 N–H and O–H groups in total. The molecule has 0 aliphatic rings. The van der Waals surface area contributed by atoms with Crippen LogP contribution in [0.1, 0.15) is 36.5 Å². The lowest BCUT2D eigenvalue weighted by Gasteiger charge is -2.12. The largest absolute Gasteiger partial charge is 0.495 e. The monoisotopic (exact) mass is 269 g/mol. The molecule has 0 radical (unpaired) electrons. The minimum atomic E-state index is 0.578. The van der Waals surface area contributed by atoms with Gasteiger partial charge in [0, 0.05) is 6.54 Å². The van der Waals surface area contributed by atoms with Gasteiger partial charge in [-0.05, 0) is 41.7 Å². The smallest absolute Gasteiger partial charge is 0.142 e. The second-order valence-electron chi connectivity index (χ2n) is 5.45. The predicted molar refractivity (Wildman–Crippen MR) is 85.6 cm³/mol. The SMILES string of the molecule is COc1cc(C)ccc1NCc1ccc(C(C)C)cc1. The lowest BCUT2D eigenvalue weighted by molar-refractivity contribution is 0.416. The third-order valence-corrected chi connectivity index (χ3v) is 3.49. The molecule has 0 spiro atoms. The quantitative estimate of drug-likeness (QED) is 0.846. The Morgan fingerprint density at radius 1 is 1.05 bits per heavy atom. The molecule has 0 amide bonds. The van der Waals surface area contributed by atoms with E-state index in [1.807, 2.05) is 6.07 Å². The minimum Gasteiger partial charge on any atom is -0.495 e. The first-order chi connectivity index (χ1) is 9.60. The van der Waals surface area contributed by atoms with Gasteiger partial charge < -0.3 is 10.1 Å². The molecule has 0 aromatic heterocycles. The molecule has 2 aromatic rings. The summed E-state index contributed by atoms with van der Waals surface area (Å²) in [5.74, 6) is 1.47. The number of aryl methyl sites for hydroxylation is 1. The third-order valence-electron chi connectivity index (χ3n) is 3.49. The molecular weight excluding hydrogens is 246 g/mol. The lowest BCUT2D eigenvalue weighted by atomic mass is 10.0. The van der Waals surface area contributed by atoms with Crippen molar-refractivity contribution >= 4 is 5.69 Å². The van der Waals surface area contributed by atoms with E-state index in [9.17, 15) is 0 Å². The van der Waals surface area contributed by atoms with E-state index in [0.717, 1.165) is 18.0 Å². The van der Waals surface area contributed by atoms with Crippen LogP contribution in [0.15, 0.2) is 42.5 Å². The Morgan fingerprint density at radius 3 is 2.35 bits per heavy atom. The Bertz CT molecular complexity index is 558. The van der Waals surface area contributed by atoms with Crippen LogP contribution in [0.5, 0.6) is 5.75 Å². The normalized spacial score (nSPS) is 10.7. The van der Waals surface area contributed by atoms with Crippen molar-refractivity contribution in [2.75, 3.05) is 12.4 Å². The molecule has 106 valence electrons. The van der Waals surface area contributed by atoms with E-state index in [4.69, 9.17) is 4.74 Å². The highest BCUT2D eigenvalue weighted by molar-refractivity contribution is 5.57. The van der Waals surface area contributed by atoms with Crippen LogP contribution >= 0.6 is 0 Å². The van der Waals surface area contributed by atoms with Gasteiger partial charge in [-0.15, -0.1) is 0 Å². The van der Waals surface area contributed by atoms with E-state index in [0.29, 0.717) is 5.92 Å². The van der Waals surface area contributed by atoms with Gasteiger partial charge in [-0.3, -0.25) is 0 Å². The molecule has 0 saturated carbocycles. The van der Waals surface area contributed by atoms with E-state index < -0.39 is 0 Å². The molecule has 20 heavy (non-hydrogen) atoms. The van der Waals surface area contributed by atoms with E-state index >= 15 is 0 Å². The summed E-state index contributed by atoms with van der Waals surface area (Å²) < 4.78 is 5.40. The van der Waals surface area contributed by atoms with E-state index in [1.54, 1.807) is 7.11 Å². The van der Waals surface area contributed by atoms with Crippen LogP contribution in [-0.4, -0.2) is 7.11 Å². The van der Waals surface area contributed by atoms with Crippen LogP contribution in [0, 0.1) is 6.92 Å². The lowest BCUT2D eigenvalue weighted by Crippen LogP contribution is -2.02. The molecule has 0 atom stereocenters. The second kappa shape index (κ2) is 6.47. The number of rotatable bonds is 5. The Kier molecular flexibility index (Phi) is 4.67. The van der Waals surface area contributed by atoms with Crippen LogP contribution in [-0.2, 0) is 6.54 Å². The van der Waals surface area contributed by atoms with Gasteiger partial charge >= 0.3 is 0 Å². The van der Waals surface area contributed by atoms with Crippen molar-refractivity contribution < 1.29 is 4.74 Å². The average molecular weight is 269 g/mol. The predicted octanol–water partition coefficient (Wildman–Crippen LogP) is 4.74. The fraction of sp³-hybridized carbons (Fsp3) is 0.333. The zero-order valence-corrected chi connectivity index (χ0v) is 12.7. The summed E-state index contributed by atoms with van der Waals surface area (Å²) in [6.07, 6.45) is 0. The van der Waals surface area contributed by atoms with Crippen molar-refractivity contribution in [3.8, 4) is 5.75 Å². The molecular formula is C18H23NO. The molecule has 0 heterocycles. The van der Waals surface area contributed by atoms with Crippen LogP contribution in [0.4, 0.5) is 5.69 Å². The van der Waals surface area contributed by atoms with Gasteiger partial charge in [-0.1, -0.05) is 44.2 Å². The molecule has 0 aliphatic heterocycles. The van der Waals surface area contributed by atoms with Crippen LogP contribution in [0.25, 0.3) is 0 Å². The topological polar surface area (TPSA) is 21.3 Å². The number of hydrogen-bond donors (Lipinski definition) is 1. The van der Waals surface area contributed by atoms with Crippen molar-refractivity contribution in [3.63, 3.8) is 0 Å². The highest BCUT2D eigenvalue weighted by atomic mass is 16.5. The van der Waals surface area contributed by atoms with Crippen LogP contribution in [0.2, 0.25) is 0 Å². The fourth-order valence-electron chi connectivity index (χ4n) is 2.16. The molecule has 2 nitrogen and oxygen atoms in total. The van der Waals surface area contributed by atoms with Crippen LogP contribution in [0.3, 0.4) is 0 Å². The first kappa shape index (κ1) is 14.4. The summed E-state index contributed by atoms with van der Waals surface area (Å²) in [6, 6.07) is 15.0. The number of hydrogen-bond acceptors (Lipinski definition) is 2. The molecule has 2 heteroatoms.